The largest absolute Gasteiger partial charge is 0.366 e. The molecule has 22 heavy (non-hydrogen) atoms. The van der Waals surface area contributed by atoms with Crippen LogP contribution in [0.5, 0.6) is 0 Å². The lowest BCUT2D eigenvalue weighted by molar-refractivity contribution is -0.118. The standard InChI is InChI=1S/C17H15FN2O2/c18-13-5-3-12(4-6-13)17(9-10-17)16(22)20-14-7-1-11(2-8-14)15(19)21/h1-8H,9-10H2,(H2,19,21)(H,20,22). The van der Waals surface area contributed by atoms with Crippen molar-refractivity contribution in [1.82, 2.24) is 0 Å². The molecule has 0 heterocycles. The summed E-state index contributed by atoms with van der Waals surface area (Å²) in [7, 11) is 0. The fraction of sp³-hybridized carbons (Fsp3) is 0.176. The van der Waals surface area contributed by atoms with E-state index in [2.05, 4.69) is 5.32 Å². The molecule has 0 saturated heterocycles. The Balaban J connectivity index is 1.76. The van der Waals surface area contributed by atoms with Crippen LogP contribution in [0.15, 0.2) is 48.5 Å². The minimum Gasteiger partial charge on any atom is -0.366 e. The summed E-state index contributed by atoms with van der Waals surface area (Å²) in [6.07, 6.45) is 1.48. The van der Waals surface area contributed by atoms with Gasteiger partial charge in [0.15, 0.2) is 0 Å². The van der Waals surface area contributed by atoms with Crippen LogP contribution in [-0.2, 0) is 10.2 Å². The normalized spacial score (nSPS) is 15.1. The Morgan fingerprint density at radius 2 is 1.59 bits per heavy atom. The van der Waals surface area contributed by atoms with Gasteiger partial charge in [0.1, 0.15) is 5.82 Å². The first-order valence-corrected chi connectivity index (χ1v) is 6.99. The van der Waals surface area contributed by atoms with Gasteiger partial charge in [0.25, 0.3) is 0 Å². The number of nitrogens with one attached hydrogen (secondary N) is 1. The van der Waals surface area contributed by atoms with Crippen molar-refractivity contribution >= 4 is 17.5 Å². The van der Waals surface area contributed by atoms with Crippen LogP contribution in [0.3, 0.4) is 0 Å². The number of carbonyl (C=O) groups excluding carboxylic acids is 2. The lowest BCUT2D eigenvalue weighted by Crippen LogP contribution is -2.27. The molecular formula is C17H15FN2O2. The van der Waals surface area contributed by atoms with Gasteiger partial charge < -0.3 is 11.1 Å². The number of amides is 2. The second kappa shape index (κ2) is 5.26. The summed E-state index contributed by atoms with van der Waals surface area (Å²) in [6, 6.07) is 12.4. The molecule has 0 atom stereocenters. The quantitative estimate of drug-likeness (QED) is 0.910. The van der Waals surface area contributed by atoms with Gasteiger partial charge in [-0.25, -0.2) is 4.39 Å². The van der Waals surface area contributed by atoms with Crippen LogP contribution in [0.4, 0.5) is 10.1 Å². The average Bonchev–Trinajstić information content (AvgIpc) is 3.30. The Labute approximate surface area is 127 Å². The Morgan fingerprint density at radius 3 is 2.09 bits per heavy atom. The molecule has 1 saturated carbocycles. The van der Waals surface area contributed by atoms with Crippen LogP contribution in [0.2, 0.25) is 0 Å². The summed E-state index contributed by atoms with van der Waals surface area (Å²) in [4.78, 5) is 23.5. The van der Waals surface area contributed by atoms with Crippen molar-refractivity contribution < 1.29 is 14.0 Å². The van der Waals surface area contributed by atoms with Crippen molar-refractivity contribution in [3.05, 3.63) is 65.5 Å². The van der Waals surface area contributed by atoms with Gasteiger partial charge in [-0.1, -0.05) is 12.1 Å². The number of benzene rings is 2. The second-order valence-corrected chi connectivity index (χ2v) is 5.48. The maximum Gasteiger partial charge on any atom is 0.248 e. The molecule has 0 aromatic heterocycles. The molecule has 0 radical (unpaired) electrons. The Morgan fingerprint density at radius 1 is 1.00 bits per heavy atom. The lowest BCUT2D eigenvalue weighted by Gasteiger charge is -2.16. The molecule has 5 heteroatoms. The minimum atomic E-state index is -0.573. The number of hydrogen-bond acceptors (Lipinski definition) is 2. The Kier molecular flexibility index (Phi) is 3.41. The van der Waals surface area contributed by atoms with Crippen molar-refractivity contribution in [2.45, 2.75) is 18.3 Å². The smallest absolute Gasteiger partial charge is 0.248 e. The monoisotopic (exact) mass is 298 g/mol. The predicted octanol–water partition coefficient (Wildman–Crippen LogP) is 2.59. The molecule has 0 aliphatic heterocycles. The van der Waals surface area contributed by atoms with Gasteiger partial charge in [-0.3, -0.25) is 9.59 Å². The number of nitrogens with two attached hydrogens (primary N) is 1. The van der Waals surface area contributed by atoms with Crippen LogP contribution in [-0.4, -0.2) is 11.8 Å². The van der Waals surface area contributed by atoms with Crippen molar-refractivity contribution in [2.24, 2.45) is 5.73 Å². The van der Waals surface area contributed by atoms with Gasteiger partial charge in [0.05, 0.1) is 5.41 Å². The van der Waals surface area contributed by atoms with Gasteiger partial charge in [0, 0.05) is 11.3 Å². The van der Waals surface area contributed by atoms with E-state index in [4.69, 9.17) is 5.73 Å². The first-order valence-electron chi connectivity index (χ1n) is 6.99. The number of halogens is 1. The number of primary amides is 1. The van der Waals surface area contributed by atoms with Gasteiger partial charge in [0.2, 0.25) is 11.8 Å². The topological polar surface area (TPSA) is 72.2 Å². The molecule has 1 aliphatic rings. The van der Waals surface area contributed by atoms with Crippen molar-refractivity contribution in [1.29, 1.82) is 0 Å². The molecule has 3 N–H and O–H groups in total. The highest BCUT2D eigenvalue weighted by Gasteiger charge is 2.51. The zero-order valence-electron chi connectivity index (χ0n) is 11.8. The fourth-order valence-corrected chi connectivity index (χ4v) is 2.51. The zero-order valence-corrected chi connectivity index (χ0v) is 11.8. The molecule has 2 amide bonds. The zero-order chi connectivity index (χ0) is 15.7. The molecule has 0 spiro atoms. The summed E-state index contributed by atoms with van der Waals surface area (Å²) in [5.41, 5.74) is 6.41. The highest BCUT2D eigenvalue weighted by Crippen LogP contribution is 2.49. The second-order valence-electron chi connectivity index (χ2n) is 5.48. The van der Waals surface area contributed by atoms with E-state index >= 15 is 0 Å². The SMILES string of the molecule is NC(=O)c1ccc(NC(=O)C2(c3ccc(F)cc3)CC2)cc1. The maximum absolute atomic E-state index is 13.0. The highest BCUT2D eigenvalue weighted by molar-refractivity contribution is 6.01. The van der Waals surface area contributed by atoms with Gasteiger partial charge in [-0.2, -0.15) is 0 Å². The molecule has 112 valence electrons. The predicted molar refractivity (Wildman–Crippen MR) is 80.9 cm³/mol. The molecular weight excluding hydrogens is 283 g/mol. The summed E-state index contributed by atoms with van der Waals surface area (Å²) in [5.74, 6) is -0.948. The molecule has 1 aliphatic carbocycles. The highest BCUT2D eigenvalue weighted by atomic mass is 19.1. The van der Waals surface area contributed by atoms with Crippen LogP contribution < -0.4 is 11.1 Å². The van der Waals surface area contributed by atoms with Crippen LogP contribution >= 0.6 is 0 Å². The third-order valence-corrected chi connectivity index (χ3v) is 4.01. The van der Waals surface area contributed by atoms with Crippen molar-refractivity contribution in [2.75, 3.05) is 5.32 Å². The molecule has 0 bridgehead atoms. The van der Waals surface area contributed by atoms with Crippen LogP contribution in [0.1, 0.15) is 28.8 Å². The number of rotatable bonds is 4. The van der Waals surface area contributed by atoms with E-state index in [9.17, 15) is 14.0 Å². The van der Waals surface area contributed by atoms with E-state index in [-0.39, 0.29) is 11.7 Å². The number of carbonyl (C=O) groups is 2. The lowest BCUT2D eigenvalue weighted by atomic mass is 9.95. The molecule has 2 aromatic rings. The summed E-state index contributed by atoms with van der Waals surface area (Å²) < 4.78 is 13.0. The van der Waals surface area contributed by atoms with Crippen molar-refractivity contribution in [3.8, 4) is 0 Å². The fourth-order valence-electron chi connectivity index (χ4n) is 2.51. The molecule has 4 nitrogen and oxygen atoms in total. The van der Waals surface area contributed by atoms with E-state index in [0.717, 1.165) is 18.4 Å². The first-order chi connectivity index (χ1) is 10.5. The molecule has 1 fully saturated rings. The summed E-state index contributed by atoms with van der Waals surface area (Å²) >= 11 is 0. The van der Waals surface area contributed by atoms with E-state index in [1.54, 1.807) is 36.4 Å². The molecule has 2 aromatic carbocycles. The summed E-state index contributed by atoms with van der Waals surface area (Å²) in [6.45, 7) is 0. The van der Waals surface area contributed by atoms with E-state index in [1.165, 1.54) is 12.1 Å². The number of anilines is 1. The van der Waals surface area contributed by atoms with Crippen molar-refractivity contribution in [3.63, 3.8) is 0 Å². The Bertz CT molecular complexity index is 719. The van der Waals surface area contributed by atoms with Crippen LogP contribution in [0.25, 0.3) is 0 Å². The summed E-state index contributed by atoms with van der Waals surface area (Å²) in [5, 5.41) is 2.84. The first kappa shape index (κ1) is 14.3. The van der Waals surface area contributed by atoms with Gasteiger partial charge in [-0.15, -0.1) is 0 Å². The molecule has 3 rings (SSSR count). The van der Waals surface area contributed by atoms with Crippen LogP contribution in [0, 0.1) is 5.82 Å². The van der Waals surface area contributed by atoms with E-state index in [1.807, 2.05) is 0 Å². The molecule has 0 unspecified atom stereocenters. The van der Waals surface area contributed by atoms with E-state index in [0.29, 0.717) is 11.3 Å². The average molecular weight is 298 g/mol. The third-order valence-electron chi connectivity index (χ3n) is 4.01. The maximum atomic E-state index is 13.0. The van der Waals surface area contributed by atoms with Gasteiger partial charge >= 0.3 is 0 Å². The van der Waals surface area contributed by atoms with E-state index < -0.39 is 11.3 Å². The van der Waals surface area contributed by atoms with Gasteiger partial charge in [-0.05, 0) is 54.8 Å². The Hall–Kier alpha value is -2.69. The number of hydrogen-bond donors (Lipinski definition) is 2. The third kappa shape index (κ3) is 2.57. The minimum absolute atomic E-state index is 0.120.